The van der Waals surface area contributed by atoms with Crippen molar-refractivity contribution in [2.75, 3.05) is 32.2 Å². The summed E-state index contributed by atoms with van der Waals surface area (Å²) in [6, 6.07) is 14.0. The van der Waals surface area contributed by atoms with Gasteiger partial charge in [0, 0.05) is 36.6 Å². The summed E-state index contributed by atoms with van der Waals surface area (Å²) in [5.74, 6) is 5.67. The Morgan fingerprint density at radius 3 is 2.40 bits per heavy atom. The summed E-state index contributed by atoms with van der Waals surface area (Å²) >= 11 is 0. The third-order valence-corrected chi connectivity index (χ3v) is 4.15. The molecule has 2 N–H and O–H groups in total. The van der Waals surface area contributed by atoms with Gasteiger partial charge in [0.15, 0.2) is 0 Å². The van der Waals surface area contributed by atoms with E-state index in [1.54, 1.807) is 30.3 Å². The number of hydrogen-bond acceptors (Lipinski definition) is 4. The molecule has 6 heteroatoms. The molecule has 2 aromatic rings. The standard InChI is InChI=1S/C24H28N2O4/c1-3-4-15-30-16-7-14-25-24(28)26-22-11-6-9-20(18-22)13-12-19-8-5-10-21(17-19)23(27)29-2/h5-6,8-11,17-18H,3-4,7,14-16H2,1-2H3,(H2,25,26,28). The van der Waals surface area contributed by atoms with Gasteiger partial charge in [0.05, 0.1) is 12.7 Å². The minimum Gasteiger partial charge on any atom is -0.465 e. The lowest BCUT2D eigenvalue weighted by molar-refractivity contribution is 0.0600. The molecular formula is C24H28N2O4. The van der Waals surface area contributed by atoms with E-state index in [2.05, 4.69) is 29.4 Å². The van der Waals surface area contributed by atoms with Crippen LogP contribution in [0.3, 0.4) is 0 Å². The average molecular weight is 408 g/mol. The number of carbonyl (C=O) groups is 2. The molecule has 2 aromatic carbocycles. The van der Waals surface area contributed by atoms with E-state index in [1.807, 2.05) is 18.2 Å². The Balaban J connectivity index is 1.86. The zero-order valence-electron chi connectivity index (χ0n) is 17.5. The van der Waals surface area contributed by atoms with Crippen molar-refractivity contribution in [2.45, 2.75) is 26.2 Å². The van der Waals surface area contributed by atoms with Gasteiger partial charge in [-0.3, -0.25) is 0 Å². The largest absolute Gasteiger partial charge is 0.465 e. The summed E-state index contributed by atoms with van der Waals surface area (Å²) in [6.45, 7) is 4.08. The molecule has 0 saturated heterocycles. The van der Waals surface area contributed by atoms with Crippen molar-refractivity contribution >= 4 is 17.7 Å². The molecule has 0 unspecified atom stereocenters. The number of rotatable bonds is 9. The number of urea groups is 1. The molecule has 0 atom stereocenters. The van der Waals surface area contributed by atoms with Crippen LogP contribution in [0.15, 0.2) is 48.5 Å². The number of ether oxygens (including phenoxy) is 2. The molecule has 2 rings (SSSR count). The molecule has 0 fully saturated rings. The van der Waals surface area contributed by atoms with Crippen molar-refractivity contribution in [3.05, 3.63) is 65.2 Å². The first-order valence-corrected chi connectivity index (χ1v) is 10.1. The number of benzene rings is 2. The zero-order chi connectivity index (χ0) is 21.6. The molecule has 6 nitrogen and oxygen atoms in total. The van der Waals surface area contributed by atoms with Crippen molar-refractivity contribution in [2.24, 2.45) is 0 Å². The number of amides is 2. The van der Waals surface area contributed by atoms with Crippen molar-refractivity contribution in [3.8, 4) is 11.8 Å². The van der Waals surface area contributed by atoms with Crippen molar-refractivity contribution in [1.29, 1.82) is 0 Å². The fraction of sp³-hybridized carbons (Fsp3) is 0.333. The second-order valence-electron chi connectivity index (χ2n) is 6.60. The van der Waals surface area contributed by atoms with Crippen LogP contribution in [0.5, 0.6) is 0 Å². The molecule has 0 bridgehead atoms. The predicted octanol–water partition coefficient (Wildman–Crippen LogP) is 4.20. The second kappa shape index (κ2) is 13.0. The van der Waals surface area contributed by atoms with E-state index in [9.17, 15) is 9.59 Å². The first-order valence-electron chi connectivity index (χ1n) is 10.1. The smallest absolute Gasteiger partial charge is 0.337 e. The van der Waals surface area contributed by atoms with Crippen LogP contribution in [-0.2, 0) is 9.47 Å². The van der Waals surface area contributed by atoms with Gasteiger partial charge < -0.3 is 20.1 Å². The highest BCUT2D eigenvalue weighted by atomic mass is 16.5. The lowest BCUT2D eigenvalue weighted by Gasteiger charge is -2.08. The van der Waals surface area contributed by atoms with E-state index < -0.39 is 5.97 Å². The topological polar surface area (TPSA) is 76.7 Å². The van der Waals surface area contributed by atoms with Gasteiger partial charge >= 0.3 is 12.0 Å². The van der Waals surface area contributed by atoms with Crippen molar-refractivity contribution in [3.63, 3.8) is 0 Å². The van der Waals surface area contributed by atoms with Gasteiger partial charge in [-0.05, 0) is 49.2 Å². The van der Waals surface area contributed by atoms with Gasteiger partial charge in [-0.1, -0.05) is 37.3 Å². The molecule has 2 amide bonds. The summed E-state index contributed by atoms with van der Waals surface area (Å²) in [5.41, 5.74) is 2.56. The molecule has 0 saturated carbocycles. The summed E-state index contributed by atoms with van der Waals surface area (Å²) < 4.78 is 10.2. The van der Waals surface area contributed by atoms with Crippen LogP contribution in [0.1, 0.15) is 47.7 Å². The number of carbonyl (C=O) groups excluding carboxylic acids is 2. The number of anilines is 1. The summed E-state index contributed by atoms with van der Waals surface area (Å²) in [5, 5.41) is 5.62. The molecule has 30 heavy (non-hydrogen) atoms. The van der Waals surface area contributed by atoms with E-state index in [0.29, 0.717) is 30.0 Å². The van der Waals surface area contributed by atoms with Crippen LogP contribution in [0.2, 0.25) is 0 Å². The maximum Gasteiger partial charge on any atom is 0.337 e. The third kappa shape index (κ3) is 8.38. The van der Waals surface area contributed by atoms with Crippen LogP contribution in [-0.4, -0.2) is 38.9 Å². The summed E-state index contributed by atoms with van der Waals surface area (Å²) in [4.78, 5) is 23.6. The van der Waals surface area contributed by atoms with Gasteiger partial charge in [0.1, 0.15) is 0 Å². The first kappa shape index (κ1) is 23.0. The molecule has 0 aliphatic heterocycles. The molecule has 0 spiro atoms. The third-order valence-electron chi connectivity index (χ3n) is 4.15. The van der Waals surface area contributed by atoms with E-state index >= 15 is 0 Å². The van der Waals surface area contributed by atoms with Crippen LogP contribution in [0, 0.1) is 11.8 Å². The molecule has 0 aromatic heterocycles. The van der Waals surface area contributed by atoms with Crippen LogP contribution < -0.4 is 10.6 Å². The maximum absolute atomic E-state index is 12.0. The van der Waals surface area contributed by atoms with Crippen LogP contribution >= 0.6 is 0 Å². The van der Waals surface area contributed by atoms with Crippen molar-refractivity contribution < 1.29 is 19.1 Å². The lowest BCUT2D eigenvalue weighted by Crippen LogP contribution is -2.30. The lowest BCUT2D eigenvalue weighted by atomic mass is 10.1. The minimum absolute atomic E-state index is 0.264. The minimum atomic E-state index is -0.400. The normalized spacial score (nSPS) is 9.93. The van der Waals surface area contributed by atoms with E-state index in [4.69, 9.17) is 9.47 Å². The summed E-state index contributed by atoms with van der Waals surface area (Å²) in [6.07, 6.45) is 2.95. The molecule has 0 heterocycles. The van der Waals surface area contributed by atoms with Crippen LogP contribution in [0.25, 0.3) is 0 Å². The highest BCUT2D eigenvalue weighted by molar-refractivity contribution is 5.90. The fourth-order valence-corrected chi connectivity index (χ4v) is 2.56. The highest BCUT2D eigenvalue weighted by Gasteiger charge is 2.04. The van der Waals surface area contributed by atoms with Crippen molar-refractivity contribution in [1.82, 2.24) is 5.32 Å². The van der Waals surface area contributed by atoms with Gasteiger partial charge in [-0.2, -0.15) is 0 Å². The summed E-state index contributed by atoms with van der Waals surface area (Å²) in [7, 11) is 1.34. The van der Waals surface area contributed by atoms with Gasteiger partial charge in [0.25, 0.3) is 0 Å². The van der Waals surface area contributed by atoms with Crippen LogP contribution in [0.4, 0.5) is 10.5 Å². The number of nitrogens with one attached hydrogen (secondary N) is 2. The fourth-order valence-electron chi connectivity index (χ4n) is 2.56. The zero-order valence-corrected chi connectivity index (χ0v) is 17.5. The Morgan fingerprint density at radius 2 is 1.67 bits per heavy atom. The number of hydrogen-bond donors (Lipinski definition) is 2. The predicted molar refractivity (Wildman–Crippen MR) is 118 cm³/mol. The number of unbranched alkanes of at least 4 members (excludes halogenated alkanes) is 1. The van der Waals surface area contributed by atoms with Gasteiger partial charge in [0.2, 0.25) is 0 Å². The first-order chi connectivity index (χ1) is 14.6. The average Bonchev–Trinajstić information content (AvgIpc) is 2.77. The van der Waals surface area contributed by atoms with Gasteiger partial charge in [-0.25, -0.2) is 9.59 Å². The Labute approximate surface area is 178 Å². The highest BCUT2D eigenvalue weighted by Crippen LogP contribution is 2.10. The Hall–Kier alpha value is -3.30. The Morgan fingerprint density at radius 1 is 0.967 bits per heavy atom. The van der Waals surface area contributed by atoms with E-state index in [1.165, 1.54) is 7.11 Å². The Bertz CT molecular complexity index is 899. The SMILES string of the molecule is CCCCOCCCNC(=O)Nc1cccc(C#Cc2cccc(C(=O)OC)c2)c1. The molecular weight excluding hydrogens is 380 g/mol. The second-order valence-corrected chi connectivity index (χ2v) is 6.60. The molecule has 0 aliphatic carbocycles. The monoisotopic (exact) mass is 408 g/mol. The molecule has 0 radical (unpaired) electrons. The number of esters is 1. The molecule has 0 aliphatic rings. The number of methoxy groups -OCH3 is 1. The van der Waals surface area contributed by atoms with E-state index in [-0.39, 0.29) is 6.03 Å². The van der Waals surface area contributed by atoms with E-state index in [0.717, 1.165) is 31.4 Å². The maximum atomic E-state index is 12.0. The Kier molecular flexibility index (Phi) is 9.98. The molecule has 158 valence electrons. The van der Waals surface area contributed by atoms with Gasteiger partial charge in [-0.15, -0.1) is 0 Å². The quantitative estimate of drug-likeness (QED) is 0.370.